The quantitative estimate of drug-likeness (QED) is 0.564. The number of amidine groups is 1. The number of allylic oxidation sites excluding steroid dienone is 2. The van der Waals surface area contributed by atoms with Gasteiger partial charge in [-0.1, -0.05) is 12.7 Å². The number of carbonyl (C=O) groups is 1. The zero-order valence-electron chi connectivity index (χ0n) is 12.0. The van der Waals surface area contributed by atoms with Crippen LogP contribution in [-0.4, -0.2) is 29.1 Å². The van der Waals surface area contributed by atoms with Crippen LogP contribution in [0.25, 0.3) is 0 Å². The molecule has 0 aliphatic carbocycles. The summed E-state index contributed by atoms with van der Waals surface area (Å²) in [6.07, 6.45) is 4.88. The summed E-state index contributed by atoms with van der Waals surface area (Å²) in [5.74, 6) is 1.23. The third-order valence-electron chi connectivity index (χ3n) is 3.25. The van der Waals surface area contributed by atoms with Gasteiger partial charge in [0.05, 0.1) is 0 Å². The van der Waals surface area contributed by atoms with Crippen molar-refractivity contribution in [2.45, 2.75) is 53.0 Å². The van der Waals surface area contributed by atoms with Crippen molar-refractivity contribution in [3.8, 4) is 0 Å². The molecule has 1 atom stereocenters. The first-order chi connectivity index (χ1) is 8.45. The molecule has 0 bridgehead atoms. The number of aliphatic imine (C=N–C) groups is 1. The van der Waals surface area contributed by atoms with E-state index in [1.165, 1.54) is 0 Å². The Morgan fingerprint density at radius 1 is 1.44 bits per heavy atom. The average Bonchev–Trinajstić information content (AvgIpc) is 2.71. The topological polar surface area (TPSA) is 32.7 Å². The van der Waals surface area contributed by atoms with Crippen molar-refractivity contribution in [1.29, 1.82) is 0 Å². The summed E-state index contributed by atoms with van der Waals surface area (Å²) in [5, 5.41) is 0. The molecule has 1 fully saturated rings. The van der Waals surface area contributed by atoms with Gasteiger partial charge in [-0.25, -0.2) is 4.99 Å². The maximum absolute atomic E-state index is 11.3. The van der Waals surface area contributed by atoms with Crippen molar-refractivity contribution in [3.05, 3.63) is 23.9 Å². The standard InChI is InChI=1S/C15H24N2O/c1-6-12(4)15(16-11(2)3)17-9-7-8-14(17)10-13(5)18/h6,14H,2,7-10H2,1,3-5H3/b12-6-,16-15+/t14-/m0/s1. The molecule has 18 heavy (non-hydrogen) atoms. The molecular formula is C15H24N2O. The molecule has 0 spiro atoms. The second-order valence-corrected chi connectivity index (χ2v) is 5.04. The molecule has 0 unspecified atom stereocenters. The van der Waals surface area contributed by atoms with Gasteiger partial charge < -0.3 is 4.90 Å². The normalized spacial score (nSPS) is 21.3. The minimum atomic E-state index is 0.250. The molecule has 0 saturated carbocycles. The highest BCUT2D eigenvalue weighted by Crippen LogP contribution is 2.23. The summed E-state index contributed by atoms with van der Waals surface area (Å²) in [6, 6.07) is 0.301. The molecule has 100 valence electrons. The maximum atomic E-state index is 11.3. The van der Waals surface area contributed by atoms with Gasteiger partial charge in [0.25, 0.3) is 0 Å². The van der Waals surface area contributed by atoms with Crippen LogP contribution in [0.2, 0.25) is 0 Å². The van der Waals surface area contributed by atoms with Gasteiger partial charge in [-0.3, -0.25) is 4.79 Å². The minimum absolute atomic E-state index is 0.250. The van der Waals surface area contributed by atoms with Crippen LogP contribution in [0.15, 0.2) is 28.9 Å². The van der Waals surface area contributed by atoms with E-state index in [9.17, 15) is 4.79 Å². The van der Waals surface area contributed by atoms with Crippen LogP contribution in [0, 0.1) is 0 Å². The molecular weight excluding hydrogens is 224 g/mol. The van der Waals surface area contributed by atoms with Gasteiger partial charge in [-0.05, 0) is 46.1 Å². The first-order valence-corrected chi connectivity index (χ1v) is 6.59. The number of rotatable bonds is 4. The molecule has 0 aromatic heterocycles. The second-order valence-electron chi connectivity index (χ2n) is 5.04. The van der Waals surface area contributed by atoms with Crippen LogP contribution in [0.5, 0.6) is 0 Å². The van der Waals surface area contributed by atoms with E-state index in [0.717, 1.165) is 36.5 Å². The lowest BCUT2D eigenvalue weighted by atomic mass is 10.1. The van der Waals surface area contributed by atoms with Crippen molar-refractivity contribution < 1.29 is 4.79 Å². The lowest BCUT2D eigenvalue weighted by Gasteiger charge is -2.28. The maximum Gasteiger partial charge on any atom is 0.131 e. The molecule has 1 heterocycles. The summed E-state index contributed by atoms with van der Waals surface area (Å²) in [4.78, 5) is 18.2. The molecule has 0 radical (unpaired) electrons. The lowest BCUT2D eigenvalue weighted by Crippen LogP contribution is -2.37. The predicted molar refractivity (Wildman–Crippen MR) is 76.7 cm³/mol. The number of nitrogens with zero attached hydrogens (tertiary/aromatic N) is 2. The zero-order valence-corrected chi connectivity index (χ0v) is 12.0. The molecule has 1 saturated heterocycles. The highest BCUT2D eigenvalue weighted by atomic mass is 16.1. The Hall–Kier alpha value is -1.38. The van der Waals surface area contributed by atoms with Crippen molar-refractivity contribution in [3.63, 3.8) is 0 Å². The van der Waals surface area contributed by atoms with Crippen LogP contribution in [0.3, 0.4) is 0 Å². The number of Topliss-reactive ketones (excluding diaryl/α,β-unsaturated/α-hetero) is 1. The first-order valence-electron chi connectivity index (χ1n) is 6.59. The van der Waals surface area contributed by atoms with E-state index in [1.807, 2.05) is 13.8 Å². The predicted octanol–water partition coefficient (Wildman–Crippen LogP) is 3.33. The Labute approximate surface area is 110 Å². The highest BCUT2D eigenvalue weighted by Gasteiger charge is 2.28. The van der Waals surface area contributed by atoms with Crippen LogP contribution in [-0.2, 0) is 4.79 Å². The van der Waals surface area contributed by atoms with Gasteiger partial charge in [0.1, 0.15) is 11.6 Å². The molecule has 1 rings (SSSR count). The summed E-state index contributed by atoms with van der Waals surface area (Å²) < 4.78 is 0. The van der Waals surface area contributed by atoms with E-state index in [1.54, 1.807) is 6.92 Å². The molecule has 0 amide bonds. The van der Waals surface area contributed by atoms with Crippen molar-refractivity contribution in [2.75, 3.05) is 6.54 Å². The summed E-state index contributed by atoms with van der Waals surface area (Å²) >= 11 is 0. The molecule has 0 aromatic rings. The van der Waals surface area contributed by atoms with Gasteiger partial charge in [0, 0.05) is 24.7 Å². The van der Waals surface area contributed by atoms with Crippen LogP contribution < -0.4 is 0 Å². The van der Waals surface area contributed by atoms with Gasteiger partial charge in [0.2, 0.25) is 0 Å². The Balaban J connectivity index is 2.98. The Kier molecular flexibility index (Phi) is 5.32. The third kappa shape index (κ3) is 3.83. The van der Waals surface area contributed by atoms with Crippen molar-refractivity contribution in [2.24, 2.45) is 4.99 Å². The zero-order chi connectivity index (χ0) is 13.7. The molecule has 3 heteroatoms. The van der Waals surface area contributed by atoms with Gasteiger partial charge in [0.15, 0.2) is 0 Å². The smallest absolute Gasteiger partial charge is 0.131 e. The molecule has 3 nitrogen and oxygen atoms in total. The minimum Gasteiger partial charge on any atom is -0.353 e. The number of carbonyl (C=O) groups excluding carboxylic acids is 1. The van der Waals surface area contributed by atoms with Gasteiger partial charge in [-0.15, -0.1) is 0 Å². The largest absolute Gasteiger partial charge is 0.353 e. The van der Waals surface area contributed by atoms with Crippen LogP contribution in [0.1, 0.15) is 47.0 Å². The highest BCUT2D eigenvalue weighted by molar-refractivity contribution is 5.99. The fourth-order valence-corrected chi connectivity index (χ4v) is 2.35. The average molecular weight is 248 g/mol. The van der Waals surface area contributed by atoms with E-state index in [4.69, 9.17) is 0 Å². The second kappa shape index (κ2) is 6.53. The van der Waals surface area contributed by atoms with E-state index in [2.05, 4.69) is 29.5 Å². The molecule has 0 aromatic carbocycles. The first kappa shape index (κ1) is 14.7. The third-order valence-corrected chi connectivity index (χ3v) is 3.25. The number of hydrogen-bond donors (Lipinski definition) is 0. The number of ketones is 1. The van der Waals surface area contributed by atoms with Gasteiger partial charge >= 0.3 is 0 Å². The monoisotopic (exact) mass is 248 g/mol. The summed E-state index contributed by atoms with van der Waals surface area (Å²) in [7, 11) is 0. The fourth-order valence-electron chi connectivity index (χ4n) is 2.35. The SMILES string of the molecule is C=C(C)/N=C(\C(C)=C/C)N1CCC[C@H]1CC(C)=O. The van der Waals surface area contributed by atoms with E-state index in [-0.39, 0.29) is 5.78 Å². The van der Waals surface area contributed by atoms with E-state index < -0.39 is 0 Å². The fraction of sp³-hybridized carbons (Fsp3) is 0.600. The molecule has 1 aliphatic rings. The summed E-state index contributed by atoms with van der Waals surface area (Å²) in [5.41, 5.74) is 1.95. The Morgan fingerprint density at radius 3 is 2.61 bits per heavy atom. The van der Waals surface area contributed by atoms with Crippen molar-refractivity contribution >= 4 is 11.6 Å². The lowest BCUT2D eigenvalue weighted by molar-refractivity contribution is -0.117. The van der Waals surface area contributed by atoms with E-state index >= 15 is 0 Å². The van der Waals surface area contributed by atoms with Crippen molar-refractivity contribution in [1.82, 2.24) is 4.90 Å². The van der Waals surface area contributed by atoms with Gasteiger partial charge in [-0.2, -0.15) is 0 Å². The van der Waals surface area contributed by atoms with Crippen LogP contribution in [0.4, 0.5) is 0 Å². The van der Waals surface area contributed by atoms with Crippen LogP contribution >= 0.6 is 0 Å². The molecule has 1 aliphatic heterocycles. The van der Waals surface area contributed by atoms with E-state index in [0.29, 0.717) is 12.5 Å². The Morgan fingerprint density at radius 2 is 2.11 bits per heavy atom. The number of likely N-dealkylation sites (tertiary alicyclic amines) is 1. The number of hydrogen-bond acceptors (Lipinski definition) is 2. The summed E-state index contributed by atoms with van der Waals surface area (Å²) in [6.45, 7) is 12.5. The Bertz CT molecular complexity index is 393. The molecule has 0 N–H and O–H groups in total.